The van der Waals surface area contributed by atoms with E-state index >= 15 is 0 Å². The molecule has 0 saturated heterocycles. The largest absolute Gasteiger partial charge is 0.469 e. The fraction of sp³-hybridized carbons (Fsp3) is 0.0714. The Hall–Kier alpha value is -1.81. The topological polar surface area (TPSA) is 46.0 Å². The van der Waals surface area contributed by atoms with Crippen molar-refractivity contribution < 1.29 is 9.21 Å². The van der Waals surface area contributed by atoms with Crippen LogP contribution in [0.25, 0.3) is 10.9 Å². The molecule has 0 radical (unpaired) electrons. The highest BCUT2D eigenvalue weighted by atomic mass is 79.9. The average Bonchev–Trinajstić information content (AvgIpc) is 2.94. The van der Waals surface area contributed by atoms with Crippen molar-refractivity contribution in [2.24, 2.45) is 0 Å². The molecule has 1 N–H and O–H groups in total. The number of hydrogen-bond donors (Lipinski definition) is 1. The predicted octanol–water partition coefficient (Wildman–Crippen LogP) is 4.06. The summed E-state index contributed by atoms with van der Waals surface area (Å²) in [6.07, 6.45) is 3.23. The van der Waals surface area contributed by atoms with Gasteiger partial charge < -0.3 is 9.40 Å². The molecule has 0 aliphatic carbocycles. The molecule has 0 aliphatic rings. The third-order valence-corrected chi connectivity index (χ3v) is 3.37. The van der Waals surface area contributed by atoms with E-state index in [4.69, 9.17) is 4.42 Å². The van der Waals surface area contributed by atoms with Gasteiger partial charge in [-0.1, -0.05) is 22.0 Å². The Balaban J connectivity index is 2.12. The van der Waals surface area contributed by atoms with Crippen molar-refractivity contribution in [1.82, 2.24) is 4.98 Å². The number of furan rings is 1. The van der Waals surface area contributed by atoms with Crippen molar-refractivity contribution in [3.63, 3.8) is 0 Å². The number of nitrogens with one attached hydrogen (secondary N) is 1. The molecule has 3 aromatic rings. The molecule has 18 heavy (non-hydrogen) atoms. The number of aromatic amines is 1. The molecule has 90 valence electrons. The van der Waals surface area contributed by atoms with Crippen LogP contribution in [0.3, 0.4) is 0 Å². The summed E-state index contributed by atoms with van der Waals surface area (Å²) in [6, 6.07) is 7.55. The van der Waals surface area contributed by atoms with Crippen LogP contribution in [-0.4, -0.2) is 10.8 Å². The zero-order valence-corrected chi connectivity index (χ0v) is 11.2. The molecule has 1 aromatic carbocycles. The molecule has 0 atom stereocenters. The van der Waals surface area contributed by atoms with Gasteiger partial charge in [0, 0.05) is 27.1 Å². The SMILES string of the molecule is Cc1cc(C(=O)c2c[nH]c3cc(Br)ccc23)co1. The van der Waals surface area contributed by atoms with E-state index in [1.807, 2.05) is 25.1 Å². The average molecular weight is 304 g/mol. The molecule has 0 fully saturated rings. The Morgan fingerprint density at radius 1 is 1.33 bits per heavy atom. The Morgan fingerprint density at radius 2 is 2.17 bits per heavy atom. The van der Waals surface area contributed by atoms with Gasteiger partial charge in [-0.2, -0.15) is 0 Å². The van der Waals surface area contributed by atoms with E-state index in [1.54, 1.807) is 12.3 Å². The number of benzene rings is 1. The maximum Gasteiger partial charge on any atom is 0.198 e. The zero-order chi connectivity index (χ0) is 12.7. The van der Waals surface area contributed by atoms with Gasteiger partial charge >= 0.3 is 0 Å². The number of halogens is 1. The fourth-order valence-electron chi connectivity index (χ4n) is 2.00. The van der Waals surface area contributed by atoms with Gasteiger partial charge in [0.05, 0.1) is 5.56 Å². The third-order valence-electron chi connectivity index (χ3n) is 2.88. The number of rotatable bonds is 2. The van der Waals surface area contributed by atoms with E-state index in [9.17, 15) is 4.79 Å². The molecule has 2 aromatic heterocycles. The van der Waals surface area contributed by atoms with Gasteiger partial charge in [0.1, 0.15) is 12.0 Å². The number of aromatic nitrogens is 1. The van der Waals surface area contributed by atoms with Crippen LogP contribution in [0.5, 0.6) is 0 Å². The van der Waals surface area contributed by atoms with E-state index in [1.165, 1.54) is 6.26 Å². The predicted molar refractivity (Wildman–Crippen MR) is 72.9 cm³/mol. The highest BCUT2D eigenvalue weighted by Crippen LogP contribution is 2.24. The number of fused-ring (bicyclic) bond motifs is 1. The van der Waals surface area contributed by atoms with Crippen LogP contribution >= 0.6 is 15.9 Å². The lowest BCUT2D eigenvalue weighted by Crippen LogP contribution is -1.97. The van der Waals surface area contributed by atoms with E-state index in [0.717, 1.165) is 21.1 Å². The van der Waals surface area contributed by atoms with Crippen LogP contribution in [0.4, 0.5) is 0 Å². The molecule has 0 aliphatic heterocycles. The Morgan fingerprint density at radius 3 is 2.89 bits per heavy atom. The number of carbonyl (C=O) groups is 1. The monoisotopic (exact) mass is 303 g/mol. The number of aryl methyl sites for hydroxylation is 1. The summed E-state index contributed by atoms with van der Waals surface area (Å²) >= 11 is 3.41. The summed E-state index contributed by atoms with van der Waals surface area (Å²) < 4.78 is 6.16. The van der Waals surface area contributed by atoms with Gasteiger partial charge in [0.15, 0.2) is 5.78 Å². The summed E-state index contributed by atoms with van der Waals surface area (Å²) in [5, 5.41) is 0.919. The zero-order valence-electron chi connectivity index (χ0n) is 9.66. The lowest BCUT2D eigenvalue weighted by atomic mass is 10.1. The first-order chi connectivity index (χ1) is 8.65. The third kappa shape index (κ3) is 1.78. The van der Waals surface area contributed by atoms with Crippen molar-refractivity contribution in [2.75, 3.05) is 0 Å². The number of H-pyrrole nitrogens is 1. The second kappa shape index (κ2) is 4.14. The maximum absolute atomic E-state index is 12.3. The van der Waals surface area contributed by atoms with Gasteiger partial charge in [-0.05, 0) is 25.1 Å². The van der Waals surface area contributed by atoms with Gasteiger partial charge in [0.25, 0.3) is 0 Å². The molecular formula is C14H10BrNO2. The Kier molecular flexibility index (Phi) is 2.59. The minimum absolute atomic E-state index is 0.0274. The molecule has 0 amide bonds. The lowest BCUT2D eigenvalue weighted by molar-refractivity contribution is 0.103. The van der Waals surface area contributed by atoms with E-state index < -0.39 is 0 Å². The van der Waals surface area contributed by atoms with Crippen molar-refractivity contribution >= 4 is 32.6 Å². The smallest absolute Gasteiger partial charge is 0.198 e. The fourth-order valence-corrected chi connectivity index (χ4v) is 2.37. The lowest BCUT2D eigenvalue weighted by Gasteiger charge is -1.96. The number of carbonyl (C=O) groups excluding carboxylic acids is 1. The van der Waals surface area contributed by atoms with E-state index in [0.29, 0.717) is 11.1 Å². The molecule has 0 bridgehead atoms. The van der Waals surface area contributed by atoms with Gasteiger partial charge in [-0.3, -0.25) is 4.79 Å². The van der Waals surface area contributed by atoms with Crippen LogP contribution < -0.4 is 0 Å². The van der Waals surface area contributed by atoms with E-state index in [-0.39, 0.29) is 5.78 Å². The second-order valence-electron chi connectivity index (χ2n) is 4.17. The highest BCUT2D eigenvalue weighted by molar-refractivity contribution is 9.10. The number of ketones is 1. The summed E-state index contributed by atoms with van der Waals surface area (Å²) in [7, 11) is 0. The van der Waals surface area contributed by atoms with Crippen LogP contribution in [0, 0.1) is 6.92 Å². The van der Waals surface area contributed by atoms with Gasteiger partial charge in [-0.25, -0.2) is 0 Å². The summed E-state index contributed by atoms with van der Waals surface area (Å²) in [5.41, 5.74) is 2.18. The van der Waals surface area contributed by atoms with Gasteiger partial charge in [-0.15, -0.1) is 0 Å². The highest BCUT2D eigenvalue weighted by Gasteiger charge is 2.15. The molecular weight excluding hydrogens is 294 g/mol. The van der Waals surface area contributed by atoms with Crippen LogP contribution in [-0.2, 0) is 0 Å². The first-order valence-corrected chi connectivity index (χ1v) is 6.31. The van der Waals surface area contributed by atoms with Crippen LogP contribution in [0.15, 0.2) is 45.6 Å². The van der Waals surface area contributed by atoms with Gasteiger partial charge in [0.2, 0.25) is 0 Å². The molecule has 2 heterocycles. The molecule has 0 spiro atoms. The first-order valence-electron chi connectivity index (χ1n) is 5.51. The Labute approximate surface area is 112 Å². The summed E-state index contributed by atoms with van der Waals surface area (Å²) in [6.45, 7) is 1.82. The van der Waals surface area contributed by atoms with Crippen LogP contribution in [0.1, 0.15) is 21.7 Å². The van der Waals surface area contributed by atoms with Crippen molar-refractivity contribution in [3.05, 3.63) is 58.1 Å². The van der Waals surface area contributed by atoms with Crippen molar-refractivity contribution in [3.8, 4) is 0 Å². The second-order valence-corrected chi connectivity index (χ2v) is 5.08. The molecule has 3 nitrogen and oxygen atoms in total. The molecule has 0 unspecified atom stereocenters. The Bertz CT molecular complexity index is 739. The minimum Gasteiger partial charge on any atom is -0.469 e. The first kappa shape index (κ1) is 11.3. The molecule has 0 saturated carbocycles. The standard InChI is InChI=1S/C14H10BrNO2/c1-8-4-9(7-18-8)14(17)12-6-16-13-5-10(15)2-3-11(12)13/h2-7,16H,1H3. The van der Waals surface area contributed by atoms with Crippen LogP contribution in [0.2, 0.25) is 0 Å². The van der Waals surface area contributed by atoms with E-state index in [2.05, 4.69) is 20.9 Å². The van der Waals surface area contributed by atoms with Crippen molar-refractivity contribution in [2.45, 2.75) is 6.92 Å². The minimum atomic E-state index is -0.0274. The normalized spacial score (nSPS) is 11.0. The molecule has 4 heteroatoms. The van der Waals surface area contributed by atoms with Crippen molar-refractivity contribution in [1.29, 1.82) is 0 Å². The maximum atomic E-state index is 12.3. The summed E-state index contributed by atoms with van der Waals surface area (Å²) in [5.74, 6) is 0.710. The quantitative estimate of drug-likeness (QED) is 0.726. The molecule has 3 rings (SSSR count). The summed E-state index contributed by atoms with van der Waals surface area (Å²) in [4.78, 5) is 15.4. The number of hydrogen-bond acceptors (Lipinski definition) is 2.